The van der Waals surface area contributed by atoms with Gasteiger partial charge in [0.25, 0.3) is 0 Å². The molecule has 2 aliphatic rings. The van der Waals surface area contributed by atoms with Crippen molar-refractivity contribution in [1.29, 1.82) is 0 Å². The maximum atomic E-state index is 14.1. The van der Waals surface area contributed by atoms with Crippen LogP contribution < -0.4 is 9.47 Å². The molecule has 5 nitrogen and oxygen atoms in total. The van der Waals surface area contributed by atoms with Gasteiger partial charge in [0.05, 0.1) is 14.2 Å². The van der Waals surface area contributed by atoms with Crippen molar-refractivity contribution >= 4 is 16.8 Å². The van der Waals surface area contributed by atoms with E-state index in [4.69, 9.17) is 9.47 Å². The van der Waals surface area contributed by atoms with Crippen LogP contribution in [0.4, 0.5) is 0 Å². The summed E-state index contributed by atoms with van der Waals surface area (Å²) in [5, 5.41) is 1.17. The van der Waals surface area contributed by atoms with Gasteiger partial charge in [-0.05, 0) is 53.7 Å². The molecule has 5 heteroatoms. The highest BCUT2D eigenvalue weighted by molar-refractivity contribution is 5.88. The number of aromatic nitrogens is 1. The van der Waals surface area contributed by atoms with E-state index in [1.54, 1.807) is 14.2 Å². The molecule has 2 aromatic carbocycles. The number of ether oxygens (including phenoxy) is 2. The average Bonchev–Trinajstić information content (AvgIpc) is 3.38. The molecule has 0 radical (unpaired) electrons. The van der Waals surface area contributed by atoms with E-state index in [0.717, 1.165) is 42.5 Å². The molecule has 0 spiro atoms. The Balaban J connectivity index is 1.57. The van der Waals surface area contributed by atoms with Crippen molar-refractivity contribution in [2.24, 2.45) is 10.8 Å². The van der Waals surface area contributed by atoms with Crippen LogP contribution in [0.15, 0.2) is 42.6 Å². The summed E-state index contributed by atoms with van der Waals surface area (Å²) in [4.78, 5) is 19.8. The van der Waals surface area contributed by atoms with E-state index in [-0.39, 0.29) is 22.7 Å². The minimum atomic E-state index is -0.148. The SMILES string of the molecule is CCc1cccc2c(C(CC(=O)N3CC4(C)CC3CC(C)(C)C4)c3cccc(OC)c3OC)c[nH]c12. The number of carbonyl (C=O) groups is 1. The number of carbonyl (C=O) groups excluding carboxylic acids is 1. The Morgan fingerprint density at radius 2 is 1.86 bits per heavy atom. The standard InChI is InChI=1S/C31H40N2O3/c1-7-20-10-8-11-22-25(17-32-28(20)22)24(23-12-9-13-26(35-5)29(23)36-6)14-27(34)33-19-31(4)16-21(33)15-30(2,3)18-31/h8-13,17,21,24,32H,7,14-16,18-19H2,1-6H3. The number of hydrogen-bond donors (Lipinski definition) is 1. The molecule has 1 aromatic heterocycles. The molecule has 1 N–H and O–H groups in total. The first-order valence-electron chi connectivity index (χ1n) is 13.3. The van der Waals surface area contributed by atoms with Crippen molar-refractivity contribution in [1.82, 2.24) is 9.88 Å². The number of H-pyrrole nitrogens is 1. The fourth-order valence-corrected chi connectivity index (χ4v) is 7.44. The van der Waals surface area contributed by atoms with Crippen LogP contribution in [0.2, 0.25) is 0 Å². The van der Waals surface area contributed by atoms with Crippen LogP contribution in [0.25, 0.3) is 10.9 Å². The number of benzene rings is 2. The first-order chi connectivity index (χ1) is 17.2. The number of aryl methyl sites for hydroxylation is 1. The van der Waals surface area contributed by atoms with E-state index in [9.17, 15) is 4.79 Å². The number of rotatable bonds is 7. The van der Waals surface area contributed by atoms with Crippen molar-refractivity contribution in [3.05, 3.63) is 59.3 Å². The van der Waals surface area contributed by atoms with Gasteiger partial charge in [-0.15, -0.1) is 0 Å². The van der Waals surface area contributed by atoms with Gasteiger partial charge in [0.2, 0.25) is 5.91 Å². The highest BCUT2D eigenvalue weighted by atomic mass is 16.5. The van der Waals surface area contributed by atoms with Gasteiger partial charge in [-0.25, -0.2) is 0 Å². The van der Waals surface area contributed by atoms with E-state index >= 15 is 0 Å². The maximum Gasteiger partial charge on any atom is 0.223 e. The summed E-state index contributed by atoms with van der Waals surface area (Å²) in [6.45, 7) is 10.1. The van der Waals surface area contributed by atoms with E-state index in [2.05, 4.69) is 68.0 Å². The van der Waals surface area contributed by atoms with Crippen molar-refractivity contribution in [2.75, 3.05) is 20.8 Å². The third kappa shape index (κ3) is 4.27. The smallest absolute Gasteiger partial charge is 0.223 e. The highest BCUT2D eigenvalue weighted by Gasteiger charge is 2.51. The van der Waals surface area contributed by atoms with Crippen LogP contribution in [0, 0.1) is 10.8 Å². The monoisotopic (exact) mass is 488 g/mol. The Kier molecular flexibility index (Phi) is 6.30. The maximum absolute atomic E-state index is 14.1. The van der Waals surface area contributed by atoms with Gasteiger partial charge < -0.3 is 19.4 Å². The molecule has 1 aliphatic carbocycles. The van der Waals surface area contributed by atoms with Crippen LogP contribution in [-0.4, -0.2) is 42.6 Å². The Morgan fingerprint density at radius 3 is 2.58 bits per heavy atom. The summed E-state index contributed by atoms with van der Waals surface area (Å²) in [5.74, 6) is 1.47. The number of fused-ring (bicyclic) bond motifs is 3. The van der Waals surface area contributed by atoms with Gasteiger partial charge in [0.1, 0.15) is 0 Å². The van der Waals surface area contributed by atoms with Crippen molar-refractivity contribution in [3.63, 3.8) is 0 Å². The molecule has 36 heavy (non-hydrogen) atoms. The molecule has 1 amide bonds. The lowest BCUT2D eigenvalue weighted by molar-refractivity contribution is -0.132. The van der Waals surface area contributed by atoms with Gasteiger partial charge in [0.15, 0.2) is 11.5 Å². The molecular formula is C31H40N2O3. The normalized spacial score (nSPS) is 23.6. The third-order valence-corrected chi connectivity index (χ3v) is 8.51. The summed E-state index contributed by atoms with van der Waals surface area (Å²) in [6, 6.07) is 12.8. The van der Waals surface area contributed by atoms with Gasteiger partial charge >= 0.3 is 0 Å². The lowest BCUT2D eigenvalue weighted by Crippen LogP contribution is -2.38. The van der Waals surface area contributed by atoms with Crippen molar-refractivity contribution in [2.45, 2.75) is 71.8 Å². The van der Waals surface area contributed by atoms with Gasteiger partial charge in [-0.2, -0.15) is 0 Å². The Bertz CT molecular complexity index is 1280. The number of para-hydroxylation sites is 2. The minimum Gasteiger partial charge on any atom is -0.493 e. The Hall–Kier alpha value is -2.95. The average molecular weight is 489 g/mol. The summed E-state index contributed by atoms with van der Waals surface area (Å²) in [6.07, 6.45) is 6.81. The molecule has 3 atom stereocenters. The molecule has 2 fully saturated rings. The molecule has 2 bridgehead atoms. The van der Waals surface area contributed by atoms with Crippen molar-refractivity contribution < 1.29 is 14.3 Å². The molecule has 192 valence electrons. The number of methoxy groups -OCH3 is 2. The largest absolute Gasteiger partial charge is 0.493 e. The Labute approximate surface area is 215 Å². The molecule has 5 rings (SSSR count). The zero-order chi connectivity index (χ0) is 25.7. The fourth-order valence-electron chi connectivity index (χ4n) is 7.44. The van der Waals surface area contributed by atoms with Crippen LogP contribution in [0.3, 0.4) is 0 Å². The number of hydrogen-bond acceptors (Lipinski definition) is 3. The lowest BCUT2D eigenvalue weighted by Gasteiger charge is -2.39. The number of nitrogens with zero attached hydrogens (tertiary/aromatic N) is 1. The summed E-state index contributed by atoms with van der Waals surface area (Å²) in [7, 11) is 3.34. The van der Waals surface area contributed by atoms with Gasteiger partial charge in [-0.1, -0.05) is 58.0 Å². The van der Waals surface area contributed by atoms with E-state index < -0.39 is 0 Å². The van der Waals surface area contributed by atoms with E-state index in [1.807, 2.05) is 12.1 Å². The predicted molar refractivity (Wildman–Crippen MR) is 145 cm³/mol. The quantitative estimate of drug-likeness (QED) is 0.403. The van der Waals surface area contributed by atoms with Crippen LogP contribution in [0.1, 0.15) is 76.0 Å². The molecular weight excluding hydrogens is 448 g/mol. The lowest BCUT2D eigenvalue weighted by atomic mass is 9.65. The van der Waals surface area contributed by atoms with Crippen LogP contribution >= 0.6 is 0 Å². The second-order valence-corrected chi connectivity index (χ2v) is 12.0. The van der Waals surface area contributed by atoms with Gasteiger partial charge in [-0.3, -0.25) is 4.79 Å². The summed E-state index contributed by atoms with van der Waals surface area (Å²) >= 11 is 0. The van der Waals surface area contributed by atoms with Crippen LogP contribution in [-0.2, 0) is 11.2 Å². The summed E-state index contributed by atoms with van der Waals surface area (Å²) < 4.78 is 11.5. The van der Waals surface area contributed by atoms with E-state index in [1.165, 1.54) is 17.4 Å². The molecule has 3 unspecified atom stereocenters. The van der Waals surface area contributed by atoms with Crippen molar-refractivity contribution in [3.8, 4) is 11.5 Å². The third-order valence-electron chi connectivity index (χ3n) is 8.51. The number of aromatic amines is 1. The zero-order valence-corrected chi connectivity index (χ0v) is 22.6. The molecule has 3 aromatic rings. The topological polar surface area (TPSA) is 54.6 Å². The zero-order valence-electron chi connectivity index (χ0n) is 22.6. The second kappa shape index (κ2) is 9.17. The summed E-state index contributed by atoms with van der Waals surface area (Å²) in [5.41, 5.74) is 5.04. The first kappa shape index (κ1) is 24.7. The fraction of sp³-hybridized carbons (Fsp3) is 0.516. The molecule has 1 saturated carbocycles. The number of amides is 1. The minimum absolute atomic E-state index is 0.148. The first-order valence-corrected chi connectivity index (χ1v) is 13.3. The number of nitrogens with one attached hydrogen (secondary N) is 1. The van der Waals surface area contributed by atoms with Gasteiger partial charge in [0, 0.05) is 47.6 Å². The van der Waals surface area contributed by atoms with E-state index in [0.29, 0.717) is 24.0 Å². The highest BCUT2D eigenvalue weighted by Crippen LogP contribution is 2.53. The predicted octanol–water partition coefficient (Wildman–Crippen LogP) is 6.70. The van der Waals surface area contributed by atoms with Crippen LogP contribution in [0.5, 0.6) is 11.5 Å². The Morgan fingerprint density at radius 1 is 1.08 bits per heavy atom. The molecule has 1 aliphatic heterocycles. The number of likely N-dealkylation sites (tertiary alicyclic amines) is 1. The molecule has 2 heterocycles. The second-order valence-electron chi connectivity index (χ2n) is 12.0. The molecule has 1 saturated heterocycles.